The summed E-state index contributed by atoms with van der Waals surface area (Å²) in [5.74, 6) is 0. The van der Waals surface area contributed by atoms with Crippen LogP contribution in [0.25, 0.3) is 0 Å². The maximum Gasteiger partial charge on any atom is 0.204 e. The number of hydrogen-bond acceptors (Lipinski definition) is 1. The lowest BCUT2D eigenvalue weighted by atomic mass is 10.2. The van der Waals surface area contributed by atoms with Gasteiger partial charge in [0, 0.05) is 26.2 Å². The Hall–Kier alpha value is -2.23. The van der Waals surface area contributed by atoms with Gasteiger partial charge in [0.25, 0.3) is 0 Å². The Labute approximate surface area is 120 Å². The summed E-state index contributed by atoms with van der Waals surface area (Å²) < 4.78 is 6.30. The van der Waals surface area contributed by atoms with Crippen molar-refractivity contribution < 1.29 is 9.14 Å². The summed E-state index contributed by atoms with van der Waals surface area (Å²) in [4.78, 5) is 4.27. The third-order valence-corrected chi connectivity index (χ3v) is 3.61. The van der Waals surface area contributed by atoms with Crippen LogP contribution in [0.5, 0.6) is 0 Å². The Balaban J connectivity index is 2.30. The minimum Gasteiger partial charge on any atom is -0.322 e. The summed E-state index contributed by atoms with van der Waals surface area (Å²) in [7, 11) is 3.78. The average molecular weight is 270 g/mol. The van der Waals surface area contributed by atoms with Gasteiger partial charge in [0.15, 0.2) is 0 Å². The summed E-state index contributed by atoms with van der Waals surface area (Å²) in [5, 5.41) is 0. The van der Waals surface area contributed by atoms with Gasteiger partial charge in [-0.15, -0.1) is 0 Å². The van der Waals surface area contributed by atoms with Crippen LogP contribution in [0.1, 0.15) is 25.2 Å². The maximum absolute atomic E-state index is 4.27. The predicted octanol–water partition coefficient (Wildman–Crippen LogP) is 1.68. The molecule has 0 saturated carbocycles. The molecule has 0 aliphatic heterocycles. The molecule has 0 aliphatic rings. The highest BCUT2D eigenvalue weighted by atomic mass is 15.2. The van der Waals surface area contributed by atoms with E-state index in [4.69, 9.17) is 0 Å². The van der Waals surface area contributed by atoms with Crippen LogP contribution in [0.2, 0.25) is 0 Å². The highest BCUT2D eigenvalue weighted by Gasteiger charge is 2.12. The number of aromatic nitrogens is 2. The van der Waals surface area contributed by atoms with E-state index in [1.807, 2.05) is 25.6 Å². The summed E-state index contributed by atoms with van der Waals surface area (Å²) in [6, 6.07) is 9.46. The lowest BCUT2D eigenvalue weighted by Crippen LogP contribution is -2.41. The molecule has 0 radical (unpaired) electrons. The number of hydrogen-bond donors (Lipinski definition) is 0. The molecule has 0 fully saturated rings. The number of aliphatic imine (C=N–C) groups is 1. The molecule has 0 saturated heterocycles. The van der Waals surface area contributed by atoms with Crippen molar-refractivity contribution >= 4 is 12.4 Å². The van der Waals surface area contributed by atoms with Crippen LogP contribution < -0.4 is 4.57 Å². The number of nitrogens with zero attached hydrogens (tertiary/aromatic N) is 4. The van der Waals surface area contributed by atoms with Crippen molar-refractivity contribution in [2.45, 2.75) is 20.5 Å². The van der Waals surface area contributed by atoms with Gasteiger partial charge in [-0.3, -0.25) is 9.56 Å². The molecule has 0 amide bonds. The first-order chi connectivity index (χ1) is 9.54. The molecule has 0 aromatic carbocycles. The lowest BCUT2D eigenvalue weighted by Gasteiger charge is -2.16. The molecule has 0 spiro atoms. The monoisotopic (exact) mass is 270 g/mol. The average Bonchev–Trinajstić information content (AvgIpc) is 3.06. The van der Waals surface area contributed by atoms with Crippen molar-refractivity contribution in [2.24, 2.45) is 4.99 Å². The molecule has 2 heterocycles. The number of rotatable bonds is 5. The molecule has 0 bridgehead atoms. The quantitative estimate of drug-likeness (QED) is 0.448. The van der Waals surface area contributed by atoms with Crippen molar-refractivity contribution in [1.29, 1.82) is 0 Å². The standard InChI is InChI=1S/C16H22N4/c1-13(17-3)15-8-6-10-19(15)12-20-11-7-9-16(20)14(2)18(4)5/h6-11H,4,12H2,1-3,5H3. The van der Waals surface area contributed by atoms with Crippen LogP contribution in [0.3, 0.4) is 0 Å². The van der Waals surface area contributed by atoms with E-state index in [1.165, 1.54) is 5.69 Å². The summed E-state index contributed by atoms with van der Waals surface area (Å²) in [6.07, 6.45) is 4.17. The molecule has 2 rings (SSSR count). The van der Waals surface area contributed by atoms with Crippen LogP contribution in [-0.4, -0.2) is 35.7 Å². The summed E-state index contributed by atoms with van der Waals surface area (Å²) in [5.41, 5.74) is 3.36. The summed E-state index contributed by atoms with van der Waals surface area (Å²) in [6.45, 7) is 8.82. The molecule has 4 nitrogen and oxygen atoms in total. The molecule has 0 atom stereocenters. The third kappa shape index (κ3) is 2.69. The first-order valence-electron chi connectivity index (χ1n) is 6.66. The largest absolute Gasteiger partial charge is 0.322 e. The third-order valence-electron chi connectivity index (χ3n) is 3.61. The second kappa shape index (κ2) is 5.82. The van der Waals surface area contributed by atoms with Crippen LogP contribution in [-0.2, 0) is 6.67 Å². The van der Waals surface area contributed by atoms with E-state index in [0.29, 0.717) is 0 Å². The fourth-order valence-corrected chi connectivity index (χ4v) is 2.21. The smallest absolute Gasteiger partial charge is 0.204 e. The fraction of sp³-hybridized carbons (Fsp3) is 0.312. The minimum atomic E-state index is 0.767. The topological polar surface area (TPSA) is 24.2 Å². The second-order valence-electron chi connectivity index (χ2n) is 4.96. The molecule has 0 aliphatic carbocycles. The Morgan fingerprint density at radius 1 is 1.55 bits per heavy atom. The SMILES string of the molecule is C=[N+](C)[C-](C)[c-]1ccc[n+]1Cn1cccc1C(C)=NC. The van der Waals surface area contributed by atoms with Crippen molar-refractivity contribution in [3.8, 4) is 0 Å². The van der Waals surface area contributed by atoms with E-state index in [0.717, 1.165) is 24.1 Å². The maximum atomic E-state index is 4.27. The highest BCUT2D eigenvalue weighted by Crippen LogP contribution is 2.10. The van der Waals surface area contributed by atoms with Crippen molar-refractivity contribution in [1.82, 2.24) is 4.57 Å². The molecule has 0 unspecified atom stereocenters. The minimum absolute atomic E-state index is 0.767. The zero-order chi connectivity index (χ0) is 14.7. The Morgan fingerprint density at radius 3 is 2.95 bits per heavy atom. The van der Waals surface area contributed by atoms with Crippen LogP contribution in [0, 0.1) is 6.04 Å². The van der Waals surface area contributed by atoms with E-state index in [1.54, 1.807) is 0 Å². The van der Waals surface area contributed by atoms with Crippen LogP contribution in [0.4, 0.5) is 0 Å². The Kier molecular flexibility index (Phi) is 4.13. The molecular formula is C16H22N4. The van der Waals surface area contributed by atoms with E-state index in [2.05, 4.69) is 64.4 Å². The Morgan fingerprint density at radius 2 is 2.30 bits per heavy atom. The molecular weight excluding hydrogens is 248 g/mol. The molecule has 4 heteroatoms. The van der Waals surface area contributed by atoms with Crippen molar-refractivity contribution in [2.75, 3.05) is 14.1 Å². The van der Waals surface area contributed by atoms with Gasteiger partial charge in [-0.1, -0.05) is 0 Å². The highest BCUT2D eigenvalue weighted by molar-refractivity contribution is 5.97. The van der Waals surface area contributed by atoms with Gasteiger partial charge in [0.2, 0.25) is 6.67 Å². The van der Waals surface area contributed by atoms with E-state index in [-0.39, 0.29) is 0 Å². The van der Waals surface area contributed by atoms with Gasteiger partial charge in [0.1, 0.15) is 7.05 Å². The van der Waals surface area contributed by atoms with Gasteiger partial charge in [0.05, 0.1) is 23.1 Å². The summed E-state index contributed by atoms with van der Waals surface area (Å²) >= 11 is 0. The molecule has 20 heavy (non-hydrogen) atoms. The second-order valence-corrected chi connectivity index (χ2v) is 4.96. The van der Waals surface area contributed by atoms with E-state index in [9.17, 15) is 0 Å². The van der Waals surface area contributed by atoms with Gasteiger partial charge in [-0.25, -0.2) is 12.1 Å². The zero-order valence-corrected chi connectivity index (χ0v) is 12.7. The first kappa shape index (κ1) is 14.2. The fourth-order valence-electron chi connectivity index (χ4n) is 2.21. The molecule has 2 aromatic rings. The molecule has 0 N–H and O–H groups in total. The van der Waals surface area contributed by atoms with Crippen molar-refractivity contribution in [3.63, 3.8) is 0 Å². The van der Waals surface area contributed by atoms with Crippen molar-refractivity contribution in [3.05, 3.63) is 54.1 Å². The van der Waals surface area contributed by atoms with Crippen LogP contribution >= 0.6 is 0 Å². The normalized spacial score (nSPS) is 11.7. The van der Waals surface area contributed by atoms with Gasteiger partial charge in [-0.05, 0) is 26.0 Å². The Bertz CT molecular complexity index is 630. The molecule has 106 valence electrons. The molecule has 2 aromatic heterocycles. The predicted molar refractivity (Wildman–Crippen MR) is 81.5 cm³/mol. The van der Waals surface area contributed by atoms with Gasteiger partial charge >= 0.3 is 0 Å². The zero-order valence-electron chi connectivity index (χ0n) is 12.7. The van der Waals surface area contributed by atoms with Gasteiger partial charge in [-0.2, -0.15) is 0 Å². The van der Waals surface area contributed by atoms with E-state index >= 15 is 0 Å². The van der Waals surface area contributed by atoms with E-state index < -0.39 is 0 Å². The lowest BCUT2D eigenvalue weighted by molar-refractivity contribution is -0.711. The van der Waals surface area contributed by atoms with Gasteiger partial charge < -0.3 is 9.14 Å². The van der Waals surface area contributed by atoms with Crippen LogP contribution in [0.15, 0.2) is 41.7 Å². The first-order valence-corrected chi connectivity index (χ1v) is 6.66.